The van der Waals surface area contributed by atoms with Gasteiger partial charge in [0.05, 0.1) is 0 Å². The van der Waals surface area contributed by atoms with E-state index >= 15 is 0 Å². The fourth-order valence-corrected chi connectivity index (χ4v) is 1.46. The van der Waals surface area contributed by atoms with Gasteiger partial charge in [0.15, 0.2) is 0 Å². The van der Waals surface area contributed by atoms with E-state index in [0.29, 0.717) is 0 Å². The lowest BCUT2D eigenvalue weighted by atomic mass is 10.0. The fourth-order valence-electron chi connectivity index (χ4n) is 1.46. The Labute approximate surface area is 89.3 Å². The molecule has 0 aliphatic carbocycles. The third kappa shape index (κ3) is 3.27. The van der Waals surface area contributed by atoms with Crippen molar-refractivity contribution < 1.29 is 8.78 Å². The first-order valence-corrected chi connectivity index (χ1v) is 5.18. The van der Waals surface area contributed by atoms with Gasteiger partial charge in [-0.05, 0) is 18.9 Å². The third-order valence-electron chi connectivity index (χ3n) is 2.38. The van der Waals surface area contributed by atoms with E-state index < -0.39 is 5.92 Å². The molecule has 0 aliphatic heterocycles. The lowest BCUT2D eigenvalue weighted by Crippen LogP contribution is -2.18. The molecule has 2 N–H and O–H groups in total. The molecule has 1 unspecified atom stereocenters. The summed E-state index contributed by atoms with van der Waals surface area (Å²) in [5.41, 5.74) is 6.71. The molecule has 0 radical (unpaired) electrons. The predicted octanol–water partition coefficient (Wildman–Crippen LogP) is 3.08. The van der Waals surface area contributed by atoms with Crippen LogP contribution in [0, 0.1) is 0 Å². The zero-order chi connectivity index (χ0) is 11.5. The van der Waals surface area contributed by atoms with Gasteiger partial charge < -0.3 is 5.73 Å². The maximum atomic E-state index is 13.3. The van der Waals surface area contributed by atoms with Gasteiger partial charge in [-0.3, -0.25) is 0 Å². The van der Waals surface area contributed by atoms with Crippen LogP contribution in [0.15, 0.2) is 24.3 Å². The van der Waals surface area contributed by atoms with Crippen molar-refractivity contribution in [3.63, 3.8) is 0 Å². The summed E-state index contributed by atoms with van der Waals surface area (Å²) in [5.74, 6) is -2.72. The second kappa shape index (κ2) is 4.71. The fraction of sp³-hybridized carbons (Fsp3) is 0.500. The first-order valence-electron chi connectivity index (χ1n) is 5.18. The Morgan fingerprint density at radius 2 is 1.80 bits per heavy atom. The molecule has 15 heavy (non-hydrogen) atoms. The van der Waals surface area contributed by atoms with Crippen molar-refractivity contribution in [2.24, 2.45) is 5.73 Å². The van der Waals surface area contributed by atoms with Gasteiger partial charge in [-0.25, -0.2) is 8.78 Å². The Balaban J connectivity index is 2.81. The molecule has 0 saturated carbocycles. The van der Waals surface area contributed by atoms with Gasteiger partial charge in [-0.1, -0.05) is 31.2 Å². The molecule has 0 aromatic heterocycles. The number of alkyl halides is 2. The first-order chi connectivity index (χ1) is 6.95. The largest absolute Gasteiger partial charge is 0.328 e. The lowest BCUT2D eigenvalue weighted by molar-refractivity contribution is -0.00829. The van der Waals surface area contributed by atoms with Crippen LogP contribution in [0.25, 0.3) is 0 Å². The minimum absolute atomic E-state index is 0.0579. The van der Waals surface area contributed by atoms with E-state index in [1.165, 1.54) is 19.1 Å². The minimum atomic E-state index is -2.72. The van der Waals surface area contributed by atoms with E-state index in [-0.39, 0.29) is 18.0 Å². The Bertz CT molecular complexity index is 304. The summed E-state index contributed by atoms with van der Waals surface area (Å²) in [5, 5.41) is 0. The third-order valence-corrected chi connectivity index (χ3v) is 2.38. The van der Waals surface area contributed by atoms with Crippen LogP contribution in [0.1, 0.15) is 31.4 Å². The van der Waals surface area contributed by atoms with E-state index in [9.17, 15) is 8.78 Å². The summed E-state index contributed by atoms with van der Waals surface area (Å²) in [6.07, 6.45) is 0.553. The molecule has 0 aliphatic rings. The molecule has 0 heterocycles. The molecule has 0 saturated heterocycles. The van der Waals surface area contributed by atoms with Gasteiger partial charge in [0, 0.05) is 18.0 Å². The highest BCUT2D eigenvalue weighted by atomic mass is 19.3. The van der Waals surface area contributed by atoms with Crippen LogP contribution in [0.4, 0.5) is 8.78 Å². The summed E-state index contributed by atoms with van der Waals surface area (Å²) < 4.78 is 26.5. The highest BCUT2D eigenvalue weighted by Crippen LogP contribution is 2.31. The number of benzene rings is 1. The predicted molar refractivity (Wildman–Crippen MR) is 58.0 cm³/mol. The maximum absolute atomic E-state index is 13.3. The standard InChI is InChI=1S/C12H17F2N/c1-3-12(13,14)11-6-4-10(5-7-11)8-9(2)15/h4-7,9H,3,8,15H2,1-2H3. The molecule has 1 aromatic rings. The van der Waals surface area contributed by atoms with E-state index in [2.05, 4.69) is 0 Å². The molecule has 1 nitrogen and oxygen atoms in total. The molecule has 1 aromatic carbocycles. The molecule has 0 spiro atoms. The Hall–Kier alpha value is -0.960. The van der Waals surface area contributed by atoms with Crippen molar-refractivity contribution >= 4 is 0 Å². The highest BCUT2D eigenvalue weighted by molar-refractivity contribution is 5.26. The number of rotatable bonds is 4. The Morgan fingerprint density at radius 3 is 2.20 bits per heavy atom. The SMILES string of the molecule is CCC(F)(F)c1ccc(CC(C)N)cc1. The summed E-state index contributed by atoms with van der Waals surface area (Å²) in [6, 6.07) is 6.48. The van der Waals surface area contributed by atoms with E-state index in [1.807, 2.05) is 6.92 Å². The van der Waals surface area contributed by atoms with Crippen molar-refractivity contribution in [1.82, 2.24) is 0 Å². The second-order valence-corrected chi connectivity index (χ2v) is 3.94. The van der Waals surface area contributed by atoms with E-state index in [4.69, 9.17) is 5.73 Å². The number of hydrogen-bond donors (Lipinski definition) is 1. The van der Waals surface area contributed by atoms with Gasteiger partial charge >= 0.3 is 0 Å². The normalized spacial score (nSPS) is 13.9. The molecule has 3 heteroatoms. The van der Waals surface area contributed by atoms with Crippen molar-refractivity contribution in [2.75, 3.05) is 0 Å². The summed E-state index contributed by atoms with van der Waals surface area (Å²) in [7, 11) is 0. The van der Waals surface area contributed by atoms with Gasteiger partial charge in [-0.2, -0.15) is 0 Å². The van der Waals surface area contributed by atoms with Crippen LogP contribution in [0.3, 0.4) is 0 Å². The zero-order valence-corrected chi connectivity index (χ0v) is 9.13. The van der Waals surface area contributed by atoms with Gasteiger partial charge in [-0.15, -0.1) is 0 Å². The van der Waals surface area contributed by atoms with Crippen molar-refractivity contribution in [1.29, 1.82) is 0 Å². The first kappa shape index (κ1) is 12.1. The van der Waals surface area contributed by atoms with Gasteiger partial charge in [0.1, 0.15) is 0 Å². The van der Waals surface area contributed by atoms with Crippen LogP contribution in [0.2, 0.25) is 0 Å². The van der Waals surface area contributed by atoms with Gasteiger partial charge in [0.2, 0.25) is 0 Å². The van der Waals surface area contributed by atoms with Crippen molar-refractivity contribution in [3.8, 4) is 0 Å². The van der Waals surface area contributed by atoms with Crippen LogP contribution in [-0.2, 0) is 12.3 Å². The second-order valence-electron chi connectivity index (χ2n) is 3.94. The number of halogens is 2. The minimum Gasteiger partial charge on any atom is -0.328 e. The average Bonchev–Trinajstić information content (AvgIpc) is 2.18. The molecule has 84 valence electrons. The summed E-state index contributed by atoms with van der Waals surface area (Å²) >= 11 is 0. The van der Waals surface area contributed by atoms with Crippen LogP contribution in [-0.4, -0.2) is 6.04 Å². The molecule has 1 atom stereocenters. The molecule has 0 bridgehead atoms. The highest BCUT2D eigenvalue weighted by Gasteiger charge is 2.28. The average molecular weight is 213 g/mol. The van der Waals surface area contributed by atoms with E-state index in [1.54, 1.807) is 12.1 Å². The zero-order valence-electron chi connectivity index (χ0n) is 9.13. The van der Waals surface area contributed by atoms with Crippen LogP contribution < -0.4 is 5.73 Å². The smallest absolute Gasteiger partial charge is 0.273 e. The van der Waals surface area contributed by atoms with Crippen LogP contribution in [0.5, 0.6) is 0 Å². The molecule has 0 amide bonds. The maximum Gasteiger partial charge on any atom is 0.273 e. The van der Waals surface area contributed by atoms with Crippen molar-refractivity contribution in [2.45, 2.75) is 38.7 Å². The quantitative estimate of drug-likeness (QED) is 0.817. The summed E-state index contributed by atoms with van der Waals surface area (Å²) in [6.45, 7) is 3.38. The molecular weight excluding hydrogens is 196 g/mol. The van der Waals surface area contributed by atoms with Gasteiger partial charge in [0.25, 0.3) is 5.92 Å². The lowest BCUT2D eigenvalue weighted by Gasteiger charge is -2.15. The topological polar surface area (TPSA) is 26.0 Å². The monoisotopic (exact) mass is 213 g/mol. The molecule has 1 rings (SSSR count). The Morgan fingerprint density at radius 1 is 1.27 bits per heavy atom. The van der Waals surface area contributed by atoms with Crippen molar-refractivity contribution in [3.05, 3.63) is 35.4 Å². The summed E-state index contributed by atoms with van der Waals surface area (Å²) in [4.78, 5) is 0. The number of hydrogen-bond acceptors (Lipinski definition) is 1. The molecular formula is C12H17F2N. The molecule has 0 fully saturated rings. The Kier molecular flexibility index (Phi) is 3.80. The van der Waals surface area contributed by atoms with E-state index in [0.717, 1.165) is 12.0 Å². The number of nitrogens with two attached hydrogens (primary N) is 1. The van der Waals surface area contributed by atoms with Crippen LogP contribution >= 0.6 is 0 Å².